The number of aromatic nitrogens is 1. The number of hydrogen-bond donors (Lipinski definition) is 0. The Kier molecular flexibility index (Phi) is 4.10. The molecule has 5 heteroatoms. The molecular formula is C15H15N3O2. The Morgan fingerprint density at radius 1 is 1.15 bits per heavy atom. The van der Waals surface area contributed by atoms with Gasteiger partial charge in [0.2, 0.25) is 0 Å². The van der Waals surface area contributed by atoms with Gasteiger partial charge in [-0.25, -0.2) is 0 Å². The average Bonchev–Trinajstić information content (AvgIpc) is 2.45. The summed E-state index contributed by atoms with van der Waals surface area (Å²) in [5.74, 6) is -0.131. The average molecular weight is 269 g/mol. The Bertz CT molecular complexity index is 634. The molecule has 0 unspecified atom stereocenters. The first kappa shape index (κ1) is 13.7. The van der Waals surface area contributed by atoms with Crippen LogP contribution in [0.1, 0.15) is 11.1 Å². The summed E-state index contributed by atoms with van der Waals surface area (Å²) < 4.78 is 0. The fourth-order valence-corrected chi connectivity index (χ4v) is 1.76. The second kappa shape index (κ2) is 5.97. The van der Waals surface area contributed by atoms with Crippen molar-refractivity contribution in [1.29, 1.82) is 0 Å². The summed E-state index contributed by atoms with van der Waals surface area (Å²) in [6, 6.07) is 11.3. The summed E-state index contributed by atoms with van der Waals surface area (Å²) in [6.45, 7) is 0. The molecule has 0 spiro atoms. The van der Waals surface area contributed by atoms with Crippen LogP contribution in [-0.4, -0.2) is 24.0 Å². The standard InChI is InChI=1S/C15H15N3O2/c1-17(2)14-9-6-12(7-10-14)5-8-13-4-3-11-16-15(13)18(19)20/h3-11H,1-2H3. The van der Waals surface area contributed by atoms with Gasteiger partial charge < -0.3 is 15.0 Å². The molecule has 5 nitrogen and oxygen atoms in total. The Morgan fingerprint density at radius 3 is 2.45 bits per heavy atom. The predicted octanol–water partition coefficient (Wildman–Crippen LogP) is 3.23. The normalized spacial score (nSPS) is 10.7. The fraction of sp³-hybridized carbons (Fsp3) is 0.133. The van der Waals surface area contributed by atoms with Crippen molar-refractivity contribution in [3.8, 4) is 0 Å². The number of hydrogen-bond acceptors (Lipinski definition) is 4. The van der Waals surface area contributed by atoms with Gasteiger partial charge in [-0.15, -0.1) is 0 Å². The van der Waals surface area contributed by atoms with Gasteiger partial charge in [0.1, 0.15) is 6.20 Å². The maximum absolute atomic E-state index is 10.9. The third-order valence-electron chi connectivity index (χ3n) is 2.85. The first-order valence-electron chi connectivity index (χ1n) is 6.13. The number of nitro groups is 1. The van der Waals surface area contributed by atoms with Gasteiger partial charge in [0.15, 0.2) is 0 Å². The van der Waals surface area contributed by atoms with E-state index in [2.05, 4.69) is 4.98 Å². The number of pyridine rings is 1. The number of anilines is 1. The second-order valence-electron chi connectivity index (χ2n) is 4.49. The van der Waals surface area contributed by atoms with Crippen LogP contribution >= 0.6 is 0 Å². The minimum atomic E-state index is -0.477. The van der Waals surface area contributed by atoms with Crippen molar-refractivity contribution in [1.82, 2.24) is 4.98 Å². The van der Waals surface area contributed by atoms with Gasteiger partial charge in [0.05, 0.1) is 5.56 Å². The Labute approximate surface area is 117 Å². The summed E-state index contributed by atoms with van der Waals surface area (Å²) in [7, 11) is 3.95. The van der Waals surface area contributed by atoms with Gasteiger partial charge in [-0.05, 0) is 45.8 Å². The zero-order valence-corrected chi connectivity index (χ0v) is 11.4. The van der Waals surface area contributed by atoms with Crippen molar-refractivity contribution in [2.45, 2.75) is 0 Å². The zero-order valence-electron chi connectivity index (χ0n) is 11.4. The zero-order chi connectivity index (χ0) is 14.5. The predicted molar refractivity (Wildman–Crippen MR) is 80.6 cm³/mol. The van der Waals surface area contributed by atoms with Crippen molar-refractivity contribution in [2.24, 2.45) is 0 Å². The van der Waals surface area contributed by atoms with E-state index >= 15 is 0 Å². The highest BCUT2D eigenvalue weighted by Gasteiger charge is 2.10. The molecule has 0 saturated heterocycles. The van der Waals surface area contributed by atoms with Crippen LogP contribution in [0.5, 0.6) is 0 Å². The van der Waals surface area contributed by atoms with E-state index in [-0.39, 0.29) is 5.82 Å². The Hall–Kier alpha value is -2.69. The minimum absolute atomic E-state index is 0.131. The van der Waals surface area contributed by atoms with Crippen LogP contribution in [0.15, 0.2) is 42.6 Å². The molecule has 1 aromatic heterocycles. The molecule has 1 heterocycles. The second-order valence-corrected chi connectivity index (χ2v) is 4.49. The maximum atomic E-state index is 10.9. The van der Waals surface area contributed by atoms with Crippen LogP contribution in [0.25, 0.3) is 12.2 Å². The Morgan fingerprint density at radius 2 is 1.85 bits per heavy atom. The molecule has 0 atom stereocenters. The molecule has 0 amide bonds. The van der Waals surface area contributed by atoms with Gasteiger partial charge in [0.25, 0.3) is 0 Å². The van der Waals surface area contributed by atoms with Crippen LogP contribution in [0, 0.1) is 10.1 Å². The molecule has 0 radical (unpaired) electrons. The number of benzene rings is 1. The van der Waals surface area contributed by atoms with E-state index < -0.39 is 4.92 Å². The van der Waals surface area contributed by atoms with E-state index in [1.165, 1.54) is 6.20 Å². The van der Waals surface area contributed by atoms with Crippen LogP contribution in [0.4, 0.5) is 11.5 Å². The minimum Gasteiger partial charge on any atom is -0.378 e. The molecule has 0 N–H and O–H groups in total. The molecule has 0 bridgehead atoms. The third kappa shape index (κ3) is 3.20. The quantitative estimate of drug-likeness (QED) is 0.631. The molecule has 2 aromatic rings. The topological polar surface area (TPSA) is 59.3 Å². The molecule has 0 aliphatic rings. The molecule has 102 valence electrons. The summed E-state index contributed by atoms with van der Waals surface area (Å²) in [5, 5.41) is 10.9. The van der Waals surface area contributed by atoms with Crippen molar-refractivity contribution < 1.29 is 4.92 Å². The van der Waals surface area contributed by atoms with E-state index in [1.54, 1.807) is 18.2 Å². The summed E-state index contributed by atoms with van der Waals surface area (Å²) in [6.07, 6.45) is 4.96. The molecule has 0 aliphatic heterocycles. The van der Waals surface area contributed by atoms with E-state index in [0.717, 1.165) is 11.3 Å². The van der Waals surface area contributed by atoms with Crippen molar-refractivity contribution >= 4 is 23.7 Å². The van der Waals surface area contributed by atoms with Crippen molar-refractivity contribution in [3.63, 3.8) is 0 Å². The molecule has 0 saturated carbocycles. The van der Waals surface area contributed by atoms with E-state index in [1.807, 2.05) is 49.3 Å². The first-order chi connectivity index (χ1) is 9.58. The Balaban J connectivity index is 2.23. The largest absolute Gasteiger partial charge is 0.378 e. The van der Waals surface area contributed by atoms with Crippen LogP contribution < -0.4 is 4.90 Å². The lowest BCUT2D eigenvalue weighted by molar-refractivity contribution is -0.389. The summed E-state index contributed by atoms with van der Waals surface area (Å²) in [4.78, 5) is 16.2. The highest BCUT2D eigenvalue weighted by molar-refractivity contribution is 5.73. The lowest BCUT2D eigenvalue weighted by Crippen LogP contribution is -2.07. The lowest BCUT2D eigenvalue weighted by atomic mass is 10.1. The third-order valence-corrected chi connectivity index (χ3v) is 2.85. The summed E-state index contributed by atoms with van der Waals surface area (Å²) in [5.41, 5.74) is 2.58. The number of nitrogens with zero attached hydrogens (tertiary/aromatic N) is 3. The highest BCUT2D eigenvalue weighted by atomic mass is 16.6. The van der Waals surface area contributed by atoms with Gasteiger partial charge in [0, 0.05) is 19.8 Å². The maximum Gasteiger partial charge on any atom is 0.370 e. The first-order valence-corrected chi connectivity index (χ1v) is 6.13. The molecule has 0 aliphatic carbocycles. The molecular weight excluding hydrogens is 254 g/mol. The molecule has 1 aromatic carbocycles. The fourth-order valence-electron chi connectivity index (χ4n) is 1.76. The van der Waals surface area contributed by atoms with Crippen LogP contribution in [0.2, 0.25) is 0 Å². The highest BCUT2D eigenvalue weighted by Crippen LogP contribution is 2.18. The van der Waals surface area contributed by atoms with Crippen molar-refractivity contribution in [3.05, 3.63) is 63.8 Å². The summed E-state index contributed by atoms with van der Waals surface area (Å²) >= 11 is 0. The SMILES string of the molecule is CN(C)c1ccc(C=Cc2cccnc2[N+](=O)[O-])cc1. The monoisotopic (exact) mass is 269 g/mol. The smallest absolute Gasteiger partial charge is 0.370 e. The molecule has 2 rings (SSSR count). The van der Waals surface area contributed by atoms with Gasteiger partial charge in [-0.2, -0.15) is 0 Å². The van der Waals surface area contributed by atoms with E-state index in [0.29, 0.717) is 5.56 Å². The molecule has 20 heavy (non-hydrogen) atoms. The lowest BCUT2D eigenvalue weighted by Gasteiger charge is -2.11. The van der Waals surface area contributed by atoms with Crippen LogP contribution in [-0.2, 0) is 0 Å². The number of rotatable bonds is 4. The van der Waals surface area contributed by atoms with Gasteiger partial charge >= 0.3 is 5.82 Å². The van der Waals surface area contributed by atoms with Crippen molar-refractivity contribution in [2.75, 3.05) is 19.0 Å². The van der Waals surface area contributed by atoms with Gasteiger partial charge in [-0.3, -0.25) is 0 Å². The van der Waals surface area contributed by atoms with Crippen LogP contribution in [0.3, 0.4) is 0 Å². The van der Waals surface area contributed by atoms with E-state index in [4.69, 9.17) is 0 Å². The molecule has 0 fully saturated rings. The van der Waals surface area contributed by atoms with E-state index in [9.17, 15) is 10.1 Å². The van der Waals surface area contributed by atoms with Gasteiger partial charge in [-0.1, -0.05) is 18.2 Å².